The van der Waals surface area contributed by atoms with Crippen molar-refractivity contribution in [2.75, 3.05) is 6.54 Å². The molecule has 3 atom stereocenters. The lowest BCUT2D eigenvalue weighted by atomic mass is 9.76. The molecule has 0 aromatic carbocycles. The summed E-state index contributed by atoms with van der Waals surface area (Å²) in [6.45, 7) is 5.87. The number of rotatable bonds is 5. The summed E-state index contributed by atoms with van der Waals surface area (Å²) in [5.74, 6) is 3.00. The maximum Gasteiger partial charge on any atom is 0.0100 e. The molecule has 0 spiro atoms. The van der Waals surface area contributed by atoms with Crippen molar-refractivity contribution in [3.05, 3.63) is 0 Å². The summed E-state index contributed by atoms with van der Waals surface area (Å²) in [5, 5.41) is 3.75. The van der Waals surface area contributed by atoms with Gasteiger partial charge in [0.2, 0.25) is 0 Å². The maximum atomic E-state index is 3.75. The molecule has 15 heavy (non-hydrogen) atoms. The van der Waals surface area contributed by atoms with Crippen LogP contribution in [0, 0.1) is 17.8 Å². The monoisotopic (exact) mass is 209 g/mol. The average Bonchev–Trinajstić information content (AvgIpc) is 2.56. The van der Waals surface area contributed by atoms with E-state index in [1.54, 1.807) is 0 Å². The van der Waals surface area contributed by atoms with Crippen LogP contribution in [0.5, 0.6) is 0 Å². The Morgan fingerprint density at radius 1 is 1.13 bits per heavy atom. The number of hydrogen-bond acceptors (Lipinski definition) is 1. The van der Waals surface area contributed by atoms with Crippen LogP contribution in [-0.4, -0.2) is 12.6 Å². The van der Waals surface area contributed by atoms with Crippen LogP contribution in [0.15, 0.2) is 0 Å². The Labute approximate surface area is 95.0 Å². The van der Waals surface area contributed by atoms with Crippen LogP contribution in [0.1, 0.15) is 58.8 Å². The highest BCUT2D eigenvalue weighted by atomic mass is 14.9. The predicted molar refractivity (Wildman–Crippen MR) is 65.9 cm³/mol. The lowest BCUT2D eigenvalue weighted by Crippen LogP contribution is -2.39. The molecule has 1 heteroatoms. The topological polar surface area (TPSA) is 12.0 Å². The minimum Gasteiger partial charge on any atom is -0.314 e. The second-order valence-electron chi connectivity index (χ2n) is 5.77. The lowest BCUT2D eigenvalue weighted by Gasteiger charge is -2.34. The summed E-state index contributed by atoms with van der Waals surface area (Å²) >= 11 is 0. The van der Waals surface area contributed by atoms with E-state index in [0.717, 1.165) is 30.3 Å². The standard InChI is InChI=1S/C14H27N/c1-3-15-14(10-12-7-5-8-12)13-9-4-6-11(13)2/h11-15H,3-10H2,1-2H3. The van der Waals surface area contributed by atoms with Crippen LogP contribution in [-0.2, 0) is 0 Å². The molecule has 88 valence electrons. The zero-order chi connectivity index (χ0) is 10.7. The molecule has 0 heterocycles. The van der Waals surface area contributed by atoms with Gasteiger partial charge in [-0.3, -0.25) is 0 Å². The maximum absolute atomic E-state index is 3.75. The molecule has 0 radical (unpaired) electrons. The highest BCUT2D eigenvalue weighted by Crippen LogP contribution is 2.38. The third-order valence-electron chi connectivity index (χ3n) is 4.72. The van der Waals surface area contributed by atoms with Gasteiger partial charge in [0.1, 0.15) is 0 Å². The largest absolute Gasteiger partial charge is 0.314 e. The van der Waals surface area contributed by atoms with Crippen molar-refractivity contribution in [3.63, 3.8) is 0 Å². The Kier molecular flexibility index (Phi) is 4.07. The fourth-order valence-electron chi connectivity index (χ4n) is 3.53. The zero-order valence-electron chi connectivity index (χ0n) is 10.5. The predicted octanol–water partition coefficient (Wildman–Crippen LogP) is 3.59. The van der Waals surface area contributed by atoms with Gasteiger partial charge in [-0.25, -0.2) is 0 Å². The summed E-state index contributed by atoms with van der Waals surface area (Å²) in [4.78, 5) is 0. The molecule has 0 bridgehead atoms. The first-order valence-electron chi connectivity index (χ1n) is 7.04. The second-order valence-corrected chi connectivity index (χ2v) is 5.77. The van der Waals surface area contributed by atoms with Crippen molar-refractivity contribution in [2.45, 2.75) is 64.8 Å². The molecular weight excluding hydrogens is 182 g/mol. The average molecular weight is 209 g/mol. The second kappa shape index (κ2) is 5.34. The Hall–Kier alpha value is -0.0400. The normalized spacial score (nSPS) is 34.0. The van der Waals surface area contributed by atoms with E-state index in [1.165, 1.54) is 44.9 Å². The number of nitrogens with one attached hydrogen (secondary N) is 1. The van der Waals surface area contributed by atoms with E-state index in [-0.39, 0.29) is 0 Å². The minimum atomic E-state index is 0.831. The Morgan fingerprint density at radius 2 is 1.87 bits per heavy atom. The van der Waals surface area contributed by atoms with Gasteiger partial charge in [0.15, 0.2) is 0 Å². The Bertz CT molecular complexity index is 186. The highest BCUT2D eigenvalue weighted by molar-refractivity contribution is 4.87. The quantitative estimate of drug-likeness (QED) is 0.729. The van der Waals surface area contributed by atoms with Crippen LogP contribution in [0.2, 0.25) is 0 Å². The third-order valence-corrected chi connectivity index (χ3v) is 4.72. The molecule has 2 saturated carbocycles. The Balaban J connectivity index is 1.85. The van der Waals surface area contributed by atoms with Crippen LogP contribution in [0.4, 0.5) is 0 Å². The fraction of sp³-hybridized carbons (Fsp3) is 1.00. The minimum absolute atomic E-state index is 0.831. The van der Waals surface area contributed by atoms with Gasteiger partial charge in [0, 0.05) is 6.04 Å². The molecule has 0 aromatic heterocycles. The van der Waals surface area contributed by atoms with E-state index in [2.05, 4.69) is 19.2 Å². The molecule has 0 aliphatic heterocycles. The van der Waals surface area contributed by atoms with E-state index in [9.17, 15) is 0 Å². The molecule has 2 fully saturated rings. The van der Waals surface area contributed by atoms with Crippen LogP contribution in [0.3, 0.4) is 0 Å². The van der Waals surface area contributed by atoms with Crippen molar-refractivity contribution in [1.82, 2.24) is 5.32 Å². The SMILES string of the molecule is CCNC(CC1CCC1)C1CCCC1C. The molecule has 2 rings (SSSR count). The van der Waals surface area contributed by atoms with Crippen molar-refractivity contribution >= 4 is 0 Å². The van der Waals surface area contributed by atoms with E-state index >= 15 is 0 Å². The van der Waals surface area contributed by atoms with Gasteiger partial charge < -0.3 is 5.32 Å². The zero-order valence-corrected chi connectivity index (χ0v) is 10.5. The van der Waals surface area contributed by atoms with Gasteiger partial charge in [0.25, 0.3) is 0 Å². The first-order valence-corrected chi connectivity index (χ1v) is 7.04. The van der Waals surface area contributed by atoms with Gasteiger partial charge in [-0.05, 0) is 37.1 Å². The van der Waals surface area contributed by atoms with Crippen molar-refractivity contribution < 1.29 is 0 Å². The van der Waals surface area contributed by atoms with Crippen molar-refractivity contribution in [3.8, 4) is 0 Å². The van der Waals surface area contributed by atoms with Crippen LogP contribution in [0.25, 0.3) is 0 Å². The van der Waals surface area contributed by atoms with Gasteiger partial charge in [-0.15, -0.1) is 0 Å². The van der Waals surface area contributed by atoms with Gasteiger partial charge in [0.05, 0.1) is 0 Å². The number of hydrogen-bond donors (Lipinski definition) is 1. The molecule has 1 nitrogen and oxygen atoms in total. The van der Waals surface area contributed by atoms with Gasteiger partial charge >= 0.3 is 0 Å². The molecule has 3 unspecified atom stereocenters. The molecule has 0 amide bonds. The summed E-state index contributed by atoms with van der Waals surface area (Å²) in [6, 6.07) is 0.831. The van der Waals surface area contributed by atoms with Crippen LogP contribution < -0.4 is 5.32 Å². The van der Waals surface area contributed by atoms with Crippen LogP contribution >= 0.6 is 0 Å². The summed E-state index contributed by atoms with van der Waals surface area (Å²) < 4.78 is 0. The molecule has 0 aromatic rings. The molecule has 2 aliphatic rings. The first-order chi connectivity index (χ1) is 7.31. The van der Waals surface area contributed by atoms with Crippen molar-refractivity contribution in [1.29, 1.82) is 0 Å². The van der Waals surface area contributed by atoms with E-state index < -0.39 is 0 Å². The smallest absolute Gasteiger partial charge is 0.0100 e. The lowest BCUT2D eigenvalue weighted by molar-refractivity contribution is 0.204. The third kappa shape index (κ3) is 2.75. The summed E-state index contributed by atoms with van der Waals surface area (Å²) in [6.07, 6.45) is 10.4. The van der Waals surface area contributed by atoms with E-state index in [1.807, 2.05) is 0 Å². The molecular formula is C14H27N. The fourth-order valence-corrected chi connectivity index (χ4v) is 3.53. The van der Waals surface area contributed by atoms with E-state index in [4.69, 9.17) is 0 Å². The van der Waals surface area contributed by atoms with E-state index in [0.29, 0.717) is 0 Å². The summed E-state index contributed by atoms with van der Waals surface area (Å²) in [5.41, 5.74) is 0. The molecule has 1 N–H and O–H groups in total. The highest BCUT2D eigenvalue weighted by Gasteiger charge is 2.32. The molecule has 0 saturated heterocycles. The first kappa shape index (κ1) is 11.4. The molecule has 2 aliphatic carbocycles. The summed E-state index contributed by atoms with van der Waals surface area (Å²) in [7, 11) is 0. The van der Waals surface area contributed by atoms with Crippen molar-refractivity contribution in [2.24, 2.45) is 17.8 Å². The Morgan fingerprint density at radius 3 is 2.33 bits per heavy atom. The van der Waals surface area contributed by atoms with Gasteiger partial charge in [-0.2, -0.15) is 0 Å². The van der Waals surface area contributed by atoms with Gasteiger partial charge in [-0.1, -0.05) is 46.0 Å².